The molecule has 0 aliphatic rings. The van der Waals surface area contributed by atoms with E-state index in [0.717, 1.165) is 32.2 Å². The summed E-state index contributed by atoms with van der Waals surface area (Å²) in [4.78, 5) is 12.0. The van der Waals surface area contributed by atoms with Crippen LogP contribution in [0.5, 0.6) is 0 Å². The van der Waals surface area contributed by atoms with Crippen LogP contribution < -0.4 is 0 Å². The van der Waals surface area contributed by atoms with Crippen molar-refractivity contribution in [3.63, 3.8) is 0 Å². The standard InChI is InChI=1S/C21H43NO5S/c1-4-5-6-7-8-9-10-11-12-15-20(23)16-13-14-17-22(2,3)18-21(24)19-28(25,26)27/h21,24H,4-19H2,1-3H3/p+1. The van der Waals surface area contributed by atoms with Gasteiger partial charge in [-0.3, -0.25) is 9.35 Å². The fourth-order valence-corrected chi connectivity index (χ4v) is 4.17. The van der Waals surface area contributed by atoms with E-state index < -0.39 is 22.0 Å². The van der Waals surface area contributed by atoms with Crippen LogP contribution in [0.1, 0.15) is 90.4 Å². The van der Waals surface area contributed by atoms with Crippen LogP contribution in [-0.4, -0.2) is 67.4 Å². The lowest BCUT2D eigenvalue weighted by atomic mass is 10.0. The van der Waals surface area contributed by atoms with Gasteiger partial charge in [0.2, 0.25) is 0 Å². The van der Waals surface area contributed by atoms with Crippen LogP contribution in [0.2, 0.25) is 0 Å². The first-order chi connectivity index (χ1) is 13.1. The Hall–Kier alpha value is -0.500. The molecule has 28 heavy (non-hydrogen) atoms. The highest BCUT2D eigenvalue weighted by Crippen LogP contribution is 2.12. The molecule has 0 fully saturated rings. The average molecular weight is 423 g/mol. The predicted octanol–water partition coefficient (Wildman–Crippen LogP) is 3.97. The number of aliphatic hydroxyl groups is 1. The molecule has 0 aromatic carbocycles. The van der Waals surface area contributed by atoms with Gasteiger partial charge >= 0.3 is 0 Å². The zero-order valence-electron chi connectivity index (χ0n) is 18.4. The molecule has 0 saturated heterocycles. The van der Waals surface area contributed by atoms with Gasteiger partial charge in [-0.25, -0.2) is 0 Å². The van der Waals surface area contributed by atoms with Gasteiger partial charge in [0.25, 0.3) is 10.1 Å². The Balaban J connectivity index is 3.67. The monoisotopic (exact) mass is 422 g/mol. The maximum atomic E-state index is 12.0. The molecule has 1 unspecified atom stereocenters. The second-order valence-electron chi connectivity index (χ2n) is 8.82. The number of quaternary nitrogens is 1. The van der Waals surface area contributed by atoms with Crippen molar-refractivity contribution in [2.24, 2.45) is 0 Å². The number of aliphatic hydroxyl groups excluding tert-OH is 1. The van der Waals surface area contributed by atoms with Crippen LogP contribution in [0, 0.1) is 0 Å². The van der Waals surface area contributed by atoms with Gasteiger partial charge in [0.15, 0.2) is 0 Å². The number of ketones is 1. The summed E-state index contributed by atoms with van der Waals surface area (Å²) in [6, 6.07) is 0. The molecule has 6 nitrogen and oxygen atoms in total. The van der Waals surface area contributed by atoms with E-state index in [0.29, 0.717) is 23.1 Å². The number of rotatable bonds is 19. The smallest absolute Gasteiger partial charge is 0.267 e. The maximum Gasteiger partial charge on any atom is 0.267 e. The minimum atomic E-state index is -4.16. The van der Waals surface area contributed by atoms with Gasteiger partial charge in [-0.05, 0) is 19.3 Å². The predicted molar refractivity (Wildman–Crippen MR) is 115 cm³/mol. The third kappa shape index (κ3) is 18.8. The molecule has 0 bridgehead atoms. The normalized spacial score (nSPS) is 13.6. The molecule has 0 saturated carbocycles. The molecule has 0 aromatic heterocycles. The van der Waals surface area contributed by atoms with E-state index in [9.17, 15) is 18.3 Å². The zero-order chi connectivity index (χ0) is 21.5. The molecule has 0 heterocycles. The topological polar surface area (TPSA) is 91.7 Å². The number of likely N-dealkylation sites (N-methyl/N-ethyl adjacent to an activating group) is 1. The number of hydrogen-bond acceptors (Lipinski definition) is 4. The van der Waals surface area contributed by atoms with Crippen molar-refractivity contribution in [3.05, 3.63) is 0 Å². The summed E-state index contributed by atoms with van der Waals surface area (Å²) in [6.45, 7) is 3.25. The van der Waals surface area contributed by atoms with Crippen LogP contribution in [-0.2, 0) is 14.9 Å². The number of Topliss-reactive ketones (excluding diaryl/α,β-unsaturated/α-hetero) is 1. The Morgan fingerprint density at radius 1 is 0.857 bits per heavy atom. The van der Waals surface area contributed by atoms with Gasteiger partial charge in [0.1, 0.15) is 24.2 Å². The molecule has 0 spiro atoms. The van der Waals surface area contributed by atoms with Crippen LogP contribution in [0.25, 0.3) is 0 Å². The summed E-state index contributed by atoms with van der Waals surface area (Å²) in [7, 11) is -0.329. The van der Waals surface area contributed by atoms with E-state index in [2.05, 4.69) is 6.92 Å². The summed E-state index contributed by atoms with van der Waals surface area (Å²) >= 11 is 0. The van der Waals surface area contributed by atoms with Gasteiger partial charge < -0.3 is 9.59 Å². The summed E-state index contributed by atoms with van der Waals surface area (Å²) in [5.41, 5.74) is 0. The number of nitrogens with zero attached hydrogens (tertiary/aromatic N) is 1. The first kappa shape index (κ1) is 27.5. The average Bonchev–Trinajstić information content (AvgIpc) is 2.55. The summed E-state index contributed by atoms with van der Waals surface area (Å²) < 4.78 is 30.9. The lowest BCUT2D eigenvalue weighted by Gasteiger charge is -2.31. The van der Waals surface area contributed by atoms with Crippen molar-refractivity contribution in [2.45, 2.75) is 96.5 Å². The first-order valence-electron chi connectivity index (χ1n) is 11.0. The zero-order valence-corrected chi connectivity index (χ0v) is 19.2. The Labute approximate surface area is 173 Å². The van der Waals surface area contributed by atoms with Gasteiger partial charge in [-0.1, -0.05) is 58.3 Å². The van der Waals surface area contributed by atoms with E-state index in [1.54, 1.807) is 0 Å². The molecule has 168 valence electrons. The fourth-order valence-electron chi connectivity index (χ4n) is 3.58. The quantitative estimate of drug-likeness (QED) is 0.187. The number of hydrogen-bond donors (Lipinski definition) is 2. The molecule has 2 N–H and O–H groups in total. The Morgan fingerprint density at radius 3 is 1.82 bits per heavy atom. The highest BCUT2D eigenvalue weighted by Gasteiger charge is 2.24. The van der Waals surface area contributed by atoms with Gasteiger partial charge in [0, 0.05) is 12.8 Å². The van der Waals surface area contributed by atoms with Crippen molar-refractivity contribution >= 4 is 15.9 Å². The third-order valence-electron chi connectivity index (χ3n) is 5.14. The Bertz CT molecular complexity index is 505. The van der Waals surface area contributed by atoms with Crippen LogP contribution in [0.3, 0.4) is 0 Å². The largest absolute Gasteiger partial charge is 0.386 e. The Kier molecular flexibility index (Phi) is 15.1. The van der Waals surface area contributed by atoms with Crippen LogP contribution in [0.15, 0.2) is 0 Å². The summed E-state index contributed by atoms with van der Waals surface area (Å²) in [5.74, 6) is -0.300. The molecule has 1 atom stereocenters. The number of carbonyl (C=O) groups is 1. The van der Waals surface area contributed by atoms with E-state index in [4.69, 9.17) is 4.55 Å². The van der Waals surface area contributed by atoms with E-state index in [1.165, 1.54) is 44.9 Å². The van der Waals surface area contributed by atoms with Gasteiger partial charge in [0.05, 0.1) is 20.6 Å². The molecular weight excluding hydrogens is 378 g/mol. The van der Waals surface area contributed by atoms with Crippen LogP contribution in [0.4, 0.5) is 0 Å². The first-order valence-corrected chi connectivity index (χ1v) is 12.6. The molecule has 0 rings (SSSR count). The number of unbranched alkanes of at least 4 members (excludes halogenated alkanes) is 9. The molecule has 0 aliphatic carbocycles. The minimum Gasteiger partial charge on any atom is -0.386 e. The molecule has 7 heteroatoms. The summed E-state index contributed by atoms with van der Waals surface area (Å²) in [5, 5.41) is 9.77. The molecular formula is C21H44NO5S+. The van der Waals surface area contributed by atoms with Crippen molar-refractivity contribution in [3.8, 4) is 0 Å². The summed E-state index contributed by atoms with van der Waals surface area (Å²) in [6.07, 6.45) is 13.2. The van der Waals surface area contributed by atoms with Gasteiger partial charge in [-0.15, -0.1) is 0 Å². The highest BCUT2D eigenvalue weighted by molar-refractivity contribution is 7.85. The number of carbonyl (C=O) groups excluding carboxylic acids is 1. The SMILES string of the molecule is CCCCCCCCCCCC(=O)CCCC[N+](C)(C)CC(O)CS(=O)(=O)O. The third-order valence-corrected chi connectivity index (χ3v) is 5.94. The van der Waals surface area contributed by atoms with E-state index in [1.807, 2.05) is 14.1 Å². The fraction of sp³-hybridized carbons (Fsp3) is 0.952. The molecule has 0 radical (unpaired) electrons. The Morgan fingerprint density at radius 2 is 1.32 bits per heavy atom. The lowest BCUT2D eigenvalue weighted by molar-refractivity contribution is -0.893. The highest BCUT2D eigenvalue weighted by atomic mass is 32.2. The minimum absolute atomic E-state index is 0.256. The van der Waals surface area contributed by atoms with E-state index >= 15 is 0 Å². The van der Waals surface area contributed by atoms with Crippen molar-refractivity contribution < 1.29 is 27.4 Å². The molecule has 0 aromatic rings. The van der Waals surface area contributed by atoms with Crippen molar-refractivity contribution in [1.29, 1.82) is 0 Å². The second-order valence-corrected chi connectivity index (χ2v) is 10.3. The van der Waals surface area contributed by atoms with Crippen molar-refractivity contribution in [1.82, 2.24) is 0 Å². The lowest BCUT2D eigenvalue weighted by Crippen LogP contribution is -2.47. The van der Waals surface area contributed by atoms with E-state index in [-0.39, 0.29) is 6.54 Å². The van der Waals surface area contributed by atoms with Gasteiger partial charge in [-0.2, -0.15) is 8.42 Å². The molecule has 0 aliphatic heterocycles. The van der Waals surface area contributed by atoms with Crippen molar-refractivity contribution in [2.75, 3.05) is 32.9 Å². The van der Waals surface area contributed by atoms with Crippen LogP contribution >= 0.6 is 0 Å². The molecule has 0 amide bonds. The maximum absolute atomic E-state index is 12.0. The second kappa shape index (κ2) is 15.4.